The fourth-order valence-corrected chi connectivity index (χ4v) is 6.45. The first-order valence-electron chi connectivity index (χ1n) is 14.1. The average Bonchev–Trinajstić information content (AvgIpc) is 3.50. The summed E-state index contributed by atoms with van der Waals surface area (Å²) in [5.41, 5.74) is 4.15. The van der Waals surface area contributed by atoms with Crippen molar-refractivity contribution in [1.82, 2.24) is 10.3 Å². The van der Waals surface area contributed by atoms with Crippen LogP contribution >= 0.6 is 46.3 Å². The molecule has 0 fully saturated rings. The minimum Gasteiger partial charge on any atom is -0.321 e. The van der Waals surface area contributed by atoms with Crippen LogP contribution in [0.25, 0.3) is 17.3 Å². The van der Waals surface area contributed by atoms with Gasteiger partial charge in [-0.25, -0.2) is 4.98 Å². The van der Waals surface area contributed by atoms with Crippen LogP contribution in [0.5, 0.6) is 0 Å². The molecule has 46 heavy (non-hydrogen) atoms. The molecule has 4 aromatic carbocycles. The first kappa shape index (κ1) is 33.0. The summed E-state index contributed by atoms with van der Waals surface area (Å²) in [5, 5.41) is 11.3. The summed E-state index contributed by atoms with van der Waals surface area (Å²) < 4.78 is 0. The van der Waals surface area contributed by atoms with E-state index in [1.807, 2.05) is 48.7 Å². The van der Waals surface area contributed by atoms with Crippen LogP contribution in [0.2, 0.25) is 10.0 Å². The Morgan fingerprint density at radius 3 is 2.41 bits per heavy atom. The van der Waals surface area contributed by atoms with Gasteiger partial charge in [0.15, 0.2) is 5.13 Å². The number of hydrogen-bond donors (Lipinski definition) is 3. The molecule has 0 aliphatic rings. The number of anilines is 2. The van der Waals surface area contributed by atoms with E-state index in [1.165, 1.54) is 23.1 Å². The van der Waals surface area contributed by atoms with Gasteiger partial charge in [0.05, 0.1) is 16.0 Å². The second-order valence-corrected chi connectivity index (χ2v) is 13.2. The van der Waals surface area contributed by atoms with Crippen LogP contribution in [0.3, 0.4) is 0 Å². The van der Waals surface area contributed by atoms with Crippen LogP contribution in [0.15, 0.2) is 113 Å². The second-order valence-electron chi connectivity index (χ2n) is 10.1. The van der Waals surface area contributed by atoms with Gasteiger partial charge in [-0.1, -0.05) is 71.7 Å². The summed E-state index contributed by atoms with van der Waals surface area (Å²) in [6.45, 7) is 3.72. The van der Waals surface area contributed by atoms with Crippen LogP contribution in [0.1, 0.15) is 28.4 Å². The highest BCUT2D eigenvalue weighted by atomic mass is 35.5. The SMILES string of the molecule is Cc1ccccc1/C=C(\NC(=O)c1ccccc1)C(=O)Nc1cccc(SC(C)C(=O)Nc2nc(-c3ccc(Cl)cc3Cl)cs2)c1. The van der Waals surface area contributed by atoms with E-state index in [2.05, 4.69) is 20.9 Å². The Morgan fingerprint density at radius 1 is 0.891 bits per heavy atom. The highest BCUT2D eigenvalue weighted by molar-refractivity contribution is 8.00. The second kappa shape index (κ2) is 15.2. The molecule has 3 amide bonds. The van der Waals surface area contributed by atoms with Gasteiger partial charge in [-0.3, -0.25) is 14.4 Å². The molecule has 0 spiro atoms. The van der Waals surface area contributed by atoms with Gasteiger partial charge in [0, 0.05) is 32.1 Å². The minimum atomic E-state index is -0.485. The van der Waals surface area contributed by atoms with Gasteiger partial charge in [-0.15, -0.1) is 23.1 Å². The summed E-state index contributed by atoms with van der Waals surface area (Å²) in [6.07, 6.45) is 1.65. The lowest BCUT2D eigenvalue weighted by Crippen LogP contribution is -2.30. The van der Waals surface area contributed by atoms with Crippen molar-refractivity contribution in [1.29, 1.82) is 0 Å². The van der Waals surface area contributed by atoms with E-state index >= 15 is 0 Å². The first-order chi connectivity index (χ1) is 22.2. The zero-order valence-corrected chi connectivity index (χ0v) is 27.9. The molecule has 1 aromatic heterocycles. The van der Waals surface area contributed by atoms with Crippen LogP contribution in [-0.4, -0.2) is 28.0 Å². The Bertz CT molecular complexity index is 1930. The van der Waals surface area contributed by atoms with Crippen LogP contribution in [0, 0.1) is 6.92 Å². The van der Waals surface area contributed by atoms with Crippen molar-refractivity contribution in [3.8, 4) is 11.3 Å². The molecule has 1 unspecified atom stereocenters. The number of hydrogen-bond acceptors (Lipinski definition) is 6. The summed E-state index contributed by atoms with van der Waals surface area (Å²) in [7, 11) is 0. The van der Waals surface area contributed by atoms with E-state index in [0.717, 1.165) is 21.6 Å². The minimum absolute atomic E-state index is 0.0941. The monoisotopic (exact) mass is 686 g/mol. The predicted molar refractivity (Wildman–Crippen MR) is 190 cm³/mol. The van der Waals surface area contributed by atoms with Crippen molar-refractivity contribution < 1.29 is 14.4 Å². The third-order valence-corrected chi connectivity index (χ3v) is 9.13. The summed E-state index contributed by atoms with van der Waals surface area (Å²) >= 11 is 14.9. The van der Waals surface area contributed by atoms with Crippen molar-refractivity contribution in [2.24, 2.45) is 0 Å². The van der Waals surface area contributed by atoms with E-state index in [0.29, 0.717) is 32.1 Å². The summed E-state index contributed by atoms with van der Waals surface area (Å²) in [4.78, 5) is 44.8. The van der Waals surface area contributed by atoms with Crippen molar-refractivity contribution >= 4 is 80.9 Å². The number of nitrogens with one attached hydrogen (secondary N) is 3. The molecule has 232 valence electrons. The number of aryl methyl sites for hydroxylation is 1. The highest BCUT2D eigenvalue weighted by Crippen LogP contribution is 2.33. The Hall–Kier alpha value is -4.41. The predicted octanol–water partition coefficient (Wildman–Crippen LogP) is 8.95. The molecule has 0 saturated carbocycles. The molecule has 0 radical (unpaired) electrons. The van der Waals surface area contributed by atoms with Crippen molar-refractivity contribution in [3.63, 3.8) is 0 Å². The van der Waals surface area contributed by atoms with E-state index in [1.54, 1.807) is 73.7 Å². The Morgan fingerprint density at radius 2 is 1.65 bits per heavy atom. The maximum atomic E-state index is 13.5. The number of aromatic nitrogens is 1. The first-order valence-corrected chi connectivity index (χ1v) is 16.6. The quantitative estimate of drug-likeness (QED) is 0.101. The van der Waals surface area contributed by atoms with Crippen molar-refractivity contribution in [2.45, 2.75) is 24.0 Å². The van der Waals surface area contributed by atoms with E-state index < -0.39 is 17.1 Å². The molecule has 7 nitrogen and oxygen atoms in total. The molecule has 0 aliphatic heterocycles. The van der Waals surface area contributed by atoms with Crippen LogP contribution in [-0.2, 0) is 9.59 Å². The lowest BCUT2D eigenvalue weighted by molar-refractivity contribution is -0.115. The largest absolute Gasteiger partial charge is 0.321 e. The lowest BCUT2D eigenvalue weighted by atomic mass is 10.1. The number of halogens is 2. The number of carbonyl (C=O) groups excluding carboxylic acids is 3. The van der Waals surface area contributed by atoms with Gasteiger partial charge in [-0.2, -0.15) is 0 Å². The van der Waals surface area contributed by atoms with E-state index in [4.69, 9.17) is 23.2 Å². The van der Waals surface area contributed by atoms with Gasteiger partial charge < -0.3 is 16.0 Å². The zero-order chi connectivity index (χ0) is 32.6. The van der Waals surface area contributed by atoms with Crippen LogP contribution < -0.4 is 16.0 Å². The van der Waals surface area contributed by atoms with Crippen molar-refractivity contribution in [2.75, 3.05) is 10.6 Å². The molecule has 1 atom stereocenters. The highest BCUT2D eigenvalue weighted by Gasteiger charge is 2.19. The molecule has 0 aliphatic carbocycles. The molecule has 5 rings (SSSR count). The van der Waals surface area contributed by atoms with E-state index in [-0.39, 0.29) is 11.6 Å². The van der Waals surface area contributed by atoms with Gasteiger partial charge in [0.25, 0.3) is 11.8 Å². The van der Waals surface area contributed by atoms with Gasteiger partial charge in [-0.05, 0) is 79.6 Å². The molecule has 0 saturated heterocycles. The Balaban J connectivity index is 1.26. The molecule has 0 bridgehead atoms. The zero-order valence-electron chi connectivity index (χ0n) is 24.7. The van der Waals surface area contributed by atoms with Crippen LogP contribution in [0.4, 0.5) is 10.8 Å². The maximum absolute atomic E-state index is 13.5. The molecular weight excluding hydrogens is 659 g/mol. The van der Waals surface area contributed by atoms with E-state index in [9.17, 15) is 14.4 Å². The summed E-state index contributed by atoms with van der Waals surface area (Å²) in [5.74, 6) is -1.11. The topological polar surface area (TPSA) is 100 Å². The number of thioether (sulfide) groups is 1. The average molecular weight is 688 g/mol. The number of thiazole rings is 1. The molecule has 11 heteroatoms. The number of benzene rings is 4. The smallest absolute Gasteiger partial charge is 0.272 e. The van der Waals surface area contributed by atoms with Gasteiger partial charge in [0.1, 0.15) is 5.70 Å². The molecular formula is C35H28Cl2N4O3S2. The number of amides is 3. The summed E-state index contributed by atoms with van der Waals surface area (Å²) in [6, 6.07) is 28.6. The number of carbonyl (C=O) groups is 3. The fourth-order valence-electron chi connectivity index (χ4n) is 4.31. The third kappa shape index (κ3) is 8.64. The number of rotatable bonds is 10. The fraction of sp³-hybridized carbons (Fsp3) is 0.0857. The normalized spacial score (nSPS) is 11.9. The number of nitrogens with zero attached hydrogens (tertiary/aromatic N) is 1. The van der Waals surface area contributed by atoms with Gasteiger partial charge in [0.2, 0.25) is 5.91 Å². The molecule has 5 aromatic rings. The molecule has 1 heterocycles. The lowest BCUT2D eigenvalue weighted by Gasteiger charge is -2.14. The third-order valence-electron chi connectivity index (χ3n) is 6.73. The Labute approximate surface area is 285 Å². The Kier molecular flexibility index (Phi) is 10.9. The van der Waals surface area contributed by atoms with Crippen molar-refractivity contribution in [3.05, 3.63) is 135 Å². The standard InChI is InChI=1S/C35H28Cl2N4O3S2/c1-21-9-6-7-12-24(21)17-30(39-33(43)23-10-4-3-5-11-23)34(44)38-26-13-8-14-27(19-26)46-22(2)32(42)41-35-40-31(20-45-35)28-16-15-25(36)18-29(28)37/h3-20,22H,1-2H3,(H,38,44)(H,39,43)(H,40,41,42)/b30-17-. The molecule has 3 N–H and O–H groups in total. The maximum Gasteiger partial charge on any atom is 0.272 e. The van der Waals surface area contributed by atoms with Gasteiger partial charge >= 0.3 is 0 Å².